The number of ether oxygens (including phenoxy) is 2. The predicted octanol–water partition coefficient (Wildman–Crippen LogP) is 5.32. The number of carbonyl (C=O) groups excluding carboxylic acids is 3. The second-order valence-corrected chi connectivity index (χ2v) is 10.3. The summed E-state index contributed by atoms with van der Waals surface area (Å²) in [5.41, 5.74) is 0.367. The summed E-state index contributed by atoms with van der Waals surface area (Å²) >= 11 is 0. The Hall–Kier alpha value is -2.41. The first-order valence-electron chi connectivity index (χ1n) is 13.2. The van der Waals surface area contributed by atoms with Crippen molar-refractivity contribution in [3.63, 3.8) is 0 Å². The van der Waals surface area contributed by atoms with Crippen LogP contribution in [-0.2, 0) is 19.1 Å². The fourth-order valence-electron chi connectivity index (χ4n) is 5.76. The molecule has 7 nitrogen and oxygen atoms in total. The SMILES string of the molecule is CCC1CCCC(C(=O)OC2CCCCC2)CC1(O)CCC(=O)Nc1c(C)cccc1C(=O)OC. The summed E-state index contributed by atoms with van der Waals surface area (Å²) in [6, 6.07) is 5.17. The van der Waals surface area contributed by atoms with E-state index < -0.39 is 11.6 Å². The van der Waals surface area contributed by atoms with Crippen LogP contribution in [0.15, 0.2) is 18.2 Å². The van der Waals surface area contributed by atoms with E-state index in [1.807, 2.05) is 19.9 Å². The van der Waals surface area contributed by atoms with Gasteiger partial charge in [0, 0.05) is 6.42 Å². The molecule has 0 saturated heterocycles. The van der Waals surface area contributed by atoms with Crippen LogP contribution in [0.5, 0.6) is 0 Å². The molecule has 0 aliphatic heterocycles. The van der Waals surface area contributed by atoms with Crippen molar-refractivity contribution in [3.05, 3.63) is 29.3 Å². The zero-order valence-electron chi connectivity index (χ0n) is 21.4. The molecule has 0 spiro atoms. The van der Waals surface area contributed by atoms with Gasteiger partial charge in [0.1, 0.15) is 6.10 Å². The summed E-state index contributed by atoms with van der Waals surface area (Å²) in [4.78, 5) is 38.0. The molecule has 3 atom stereocenters. The highest BCUT2D eigenvalue weighted by Gasteiger charge is 2.42. The van der Waals surface area contributed by atoms with E-state index in [1.54, 1.807) is 12.1 Å². The first-order valence-corrected chi connectivity index (χ1v) is 13.2. The zero-order chi connectivity index (χ0) is 25.4. The van der Waals surface area contributed by atoms with Crippen LogP contribution in [0.4, 0.5) is 5.69 Å². The average molecular weight is 488 g/mol. The molecule has 1 aromatic carbocycles. The van der Waals surface area contributed by atoms with Crippen molar-refractivity contribution in [2.45, 2.75) is 103 Å². The maximum atomic E-state index is 13.0. The van der Waals surface area contributed by atoms with Crippen LogP contribution in [-0.4, -0.2) is 41.8 Å². The molecule has 194 valence electrons. The largest absolute Gasteiger partial charge is 0.465 e. The number of aryl methyl sites for hydroxylation is 1. The molecule has 2 aliphatic carbocycles. The van der Waals surface area contributed by atoms with Crippen LogP contribution in [0.1, 0.15) is 99.9 Å². The number of methoxy groups -OCH3 is 1. The molecule has 3 rings (SSSR count). The minimum Gasteiger partial charge on any atom is -0.465 e. The molecule has 2 fully saturated rings. The maximum Gasteiger partial charge on any atom is 0.339 e. The molecule has 2 N–H and O–H groups in total. The summed E-state index contributed by atoms with van der Waals surface area (Å²) in [5, 5.41) is 14.6. The van der Waals surface area contributed by atoms with Gasteiger partial charge in [-0.2, -0.15) is 0 Å². The third-order valence-corrected chi connectivity index (χ3v) is 7.85. The number of anilines is 1. The highest BCUT2D eigenvalue weighted by atomic mass is 16.5. The molecule has 0 radical (unpaired) electrons. The molecule has 3 unspecified atom stereocenters. The Morgan fingerprint density at radius 1 is 1.09 bits per heavy atom. The first-order chi connectivity index (χ1) is 16.8. The van der Waals surface area contributed by atoms with Gasteiger partial charge in [-0.1, -0.05) is 38.3 Å². The Morgan fingerprint density at radius 3 is 2.51 bits per heavy atom. The molecule has 7 heteroatoms. The molecule has 35 heavy (non-hydrogen) atoms. The molecule has 0 heterocycles. The van der Waals surface area contributed by atoms with Crippen molar-refractivity contribution in [1.29, 1.82) is 0 Å². The average Bonchev–Trinajstić information content (AvgIpc) is 3.03. The number of aliphatic hydroxyl groups is 1. The number of hydrogen-bond donors (Lipinski definition) is 2. The highest BCUT2D eigenvalue weighted by Crippen LogP contribution is 2.41. The van der Waals surface area contributed by atoms with Gasteiger partial charge in [0.05, 0.1) is 29.9 Å². The minimum atomic E-state index is -1.12. The van der Waals surface area contributed by atoms with E-state index >= 15 is 0 Å². The summed E-state index contributed by atoms with van der Waals surface area (Å²) in [6.45, 7) is 3.86. The molecule has 2 aliphatic rings. The number of rotatable bonds is 8. The number of para-hydroxylation sites is 1. The molecule has 2 saturated carbocycles. The molecule has 1 aromatic rings. The number of nitrogens with one attached hydrogen (secondary N) is 1. The van der Waals surface area contributed by atoms with Gasteiger partial charge in [0.2, 0.25) is 5.91 Å². The lowest BCUT2D eigenvalue weighted by molar-refractivity contribution is -0.159. The van der Waals surface area contributed by atoms with Gasteiger partial charge < -0.3 is 19.9 Å². The van der Waals surface area contributed by atoms with Gasteiger partial charge in [-0.25, -0.2) is 4.79 Å². The summed E-state index contributed by atoms with van der Waals surface area (Å²) in [7, 11) is 1.30. The number of esters is 2. The van der Waals surface area contributed by atoms with Gasteiger partial charge in [-0.05, 0) is 75.8 Å². The number of amides is 1. The van der Waals surface area contributed by atoms with Gasteiger partial charge in [0.25, 0.3) is 0 Å². The van der Waals surface area contributed by atoms with Crippen molar-refractivity contribution in [3.8, 4) is 0 Å². The minimum absolute atomic E-state index is 0.00142. The van der Waals surface area contributed by atoms with E-state index in [-0.39, 0.29) is 42.7 Å². The number of carbonyl (C=O) groups is 3. The lowest BCUT2D eigenvalue weighted by Crippen LogP contribution is -2.41. The van der Waals surface area contributed by atoms with Crippen LogP contribution in [0, 0.1) is 18.8 Å². The van der Waals surface area contributed by atoms with Gasteiger partial charge >= 0.3 is 11.9 Å². The van der Waals surface area contributed by atoms with E-state index in [0.717, 1.165) is 50.5 Å². The normalized spacial score (nSPS) is 25.4. The van der Waals surface area contributed by atoms with Crippen molar-refractivity contribution >= 4 is 23.5 Å². The van der Waals surface area contributed by atoms with Gasteiger partial charge in [0.15, 0.2) is 0 Å². The Labute approximate surface area is 209 Å². The summed E-state index contributed by atoms with van der Waals surface area (Å²) < 4.78 is 10.7. The molecular weight excluding hydrogens is 446 g/mol. The molecular formula is C28H41NO6. The van der Waals surface area contributed by atoms with Crippen LogP contribution in [0.2, 0.25) is 0 Å². The second-order valence-electron chi connectivity index (χ2n) is 10.3. The lowest BCUT2D eigenvalue weighted by Gasteiger charge is -2.36. The van der Waals surface area contributed by atoms with E-state index in [0.29, 0.717) is 24.1 Å². The van der Waals surface area contributed by atoms with E-state index in [9.17, 15) is 19.5 Å². The van der Waals surface area contributed by atoms with Gasteiger partial charge in [-0.15, -0.1) is 0 Å². The summed E-state index contributed by atoms with van der Waals surface area (Å²) in [5.74, 6) is -1.31. The topological polar surface area (TPSA) is 102 Å². The lowest BCUT2D eigenvalue weighted by atomic mass is 9.76. The van der Waals surface area contributed by atoms with E-state index in [2.05, 4.69) is 5.32 Å². The second kappa shape index (κ2) is 12.5. The van der Waals surface area contributed by atoms with E-state index in [4.69, 9.17) is 9.47 Å². The third-order valence-electron chi connectivity index (χ3n) is 7.85. The Kier molecular flexibility index (Phi) is 9.72. The molecule has 0 bridgehead atoms. The molecule has 1 amide bonds. The summed E-state index contributed by atoms with van der Waals surface area (Å²) in [6.07, 6.45) is 9.08. The number of hydrogen-bond acceptors (Lipinski definition) is 6. The highest BCUT2D eigenvalue weighted by molar-refractivity contribution is 6.02. The van der Waals surface area contributed by atoms with Crippen molar-refractivity contribution in [1.82, 2.24) is 0 Å². The molecule has 0 aromatic heterocycles. The Morgan fingerprint density at radius 2 is 1.83 bits per heavy atom. The van der Waals surface area contributed by atoms with Gasteiger partial charge in [-0.3, -0.25) is 9.59 Å². The van der Waals surface area contributed by atoms with Crippen molar-refractivity contribution < 1.29 is 29.0 Å². The Balaban J connectivity index is 1.66. The van der Waals surface area contributed by atoms with Crippen LogP contribution >= 0.6 is 0 Å². The fraction of sp³-hybridized carbons (Fsp3) is 0.679. The van der Waals surface area contributed by atoms with Crippen LogP contribution in [0.3, 0.4) is 0 Å². The maximum absolute atomic E-state index is 13.0. The van der Waals surface area contributed by atoms with Crippen LogP contribution < -0.4 is 5.32 Å². The fourth-order valence-corrected chi connectivity index (χ4v) is 5.76. The van der Waals surface area contributed by atoms with E-state index in [1.165, 1.54) is 13.5 Å². The third kappa shape index (κ3) is 7.06. The number of benzene rings is 1. The standard InChI is InChI=1S/C28H41NO6/c1-4-21-12-9-11-20(26(31)35-22-13-6-5-7-14-22)18-28(21,33)17-16-24(30)29-25-19(2)10-8-15-23(25)27(32)34-3/h8,10,15,20-22,33H,4-7,9,11-14,16-18H2,1-3H3,(H,29,30). The van der Waals surface area contributed by atoms with Crippen LogP contribution in [0.25, 0.3) is 0 Å². The Bertz CT molecular complexity index is 893. The monoisotopic (exact) mass is 487 g/mol. The predicted molar refractivity (Wildman–Crippen MR) is 134 cm³/mol. The quantitative estimate of drug-likeness (QED) is 0.380. The zero-order valence-corrected chi connectivity index (χ0v) is 21.4. The first kappa shape index (κ1) is 27.2. The van der Waals surface area contributed by atoms with Crippen molar-refractivity contribution in [2.75, 3.05) is 12.4 Å². The van der Waals surface area contributed by atoms with Crippen molar-refractivity contribution in [2.24, 2.45) is 11.8 Å². The smallest absolute Gasteiger partial charge is 0.339 e.